The van der Waals surface area contributed by atoms with Crippen LogP contribution in [0.2, 0.25) is 0 Å². The second-order valence-electron chi connectivity index (χ2n) is 7.17. The number of rotatable bonds is 1. The highest BCUT2D eigenvalue weighted by atomic mass is 16.2. The van der Waals surface area contributed by atoms with Gasteiger partial charge in [0.2, 0.25) is 0 Å². The highest BCUT2D eigenvalue weighted by Gasteiger charge is 2.35. The molecule has 5 rings (SSSR count). The molecule has 3 nitrogen and oxygen atoms in total. The smallest absolute Gasteiger partial charge is 0.266 e. The first-order valence-electron chi connectivity index (χ1n) is 8.96. The normalized spacial score (nSPS) is 13.6. The molecule has 3 heteroatoms. The van der Waals surface area contributed by atoms with E-state index >= 15 is 0 Å². The van der Waals surface area contributed by atoms with Crippen molar-refractivity contribution >= 4 is 39.0 Å². The third-order valence-corrected chi connectivity index (χ3v) is 5.20. The maximum absolute atomic E-state index is 13.6. The van der Waals surface area contributed by atoms with Gasteiger partial charge in [0, 0.05) is 10.9 Å². The number of imide groups is 1. The Labute approximate surface area is 156 Å². The minimum Gasteiger partial charge on any atom is -0.268 e. The summed E-state index contributed by atoms with van der Waals surface area (Å²) < 4.78 is 0. The molecule has 0 saturated carbocycles. The fraction of sp³-hybridized carbons (Fsp3) is 0.0833. The van der Waals surface area contributed by atoms with Crippen LogP contribution in [0.4, 0.5) is 5.69 Å². The van der Waals surface area contributed by atoms with Crippen molar-refractivity contribution in [1.82, 2.24) is 0 Å². The number of anilines is 1. The summed E-state index contributed by atoms with van der Waals surface area (Å²) in [6.07, 6.45) is 0. The summed E-state index contributed by atoms with van der Waals surface area (Å²) in [6, 6.07) is 21.4. The summed E-state index contributed by atoms with van der Waals surface area (Å²) in [5.41, 5.74) is 3.85. The predicted molar refractivity (Wildman–Crippen MR) is 109 cm³/mol. The van der Waals surface area contributed by atoms with Crippen LogP contribution in [0.5, 0.6) is 0 Å². The van der Waals surface area contributed by atoms with Gasteiger partial charge in [-0.1, -0.05) is 42.5 Å². The Morgan fingerprint density at radius 2 is 1.41 bits per heavy atom. The van der Waals surface area contributed by atoms with Crippen LogP contribution in [-0.2, 0) is 0 Å². The van der Waals surface area contributed by atoms with E-state index in [1.807, 2.05) is 80.6 Å². The maximum Gasteiger partial charge on any atom is 0.266 e. The molecule has 0 fully saturated rings. The monoisotopic (exact) mass is 351 g/mol. The molecule has 0 aromatic heterocycles. The highest BCUT2D eigenvalue weighted by Crippen LogP contribution is 2.37. The molecule has 130 valence electrons. The second kappa shape index (κ2) is 5.52. The van der Waals surface area contributed by atoms with E-state index in [1.165, 1.54) is 4.90 Å². The molecule has 0 aliphatic carbocycles. The van der Waals surface area contributed by atoms with Crippen molar-refractivity contribution in [2.75, 3.05) is 4.90 Å². The topological polar surface area (TPSA) is 37.4 Å². The molecule has 2 amide bonds. The van der Waals surface area contributed by atoms with Crippen LogP contribution in [0.15, 0.2) is 66.7 Å². The minimum absolute atomic E-state index is 0.259. The molecule has 0 atom stereocenters. The predicted octanol–water partition coefficient (Wildman–Crippen LogP) is 5.41. The molecule has 0 saturated heterocycles. The quantitative estimate of drug-likeness (QED) is 0.340. The zero-order valence-corrected chi connectivity index (χ0v) is 15.1. The zero-order valence-electron chi connectivity index (χ0n) is 15.1. The van der Waals surface area contributed by atoms with Crippen LogP contribution in [-0.4, -0.2) is 11.8 Å². The summed E-state index contributed by atoms with van der Waals surface area (Å²) in [5.74, 6) is -0.524. The summed E-state index contributed by atoms with van der Waals surface area (Å²) in [6.45, 7) is 3.94. The van der Waals surface area contributed by atoms with Crippen molar-refractivity contribution in [2.24, 2.45) is 0 Å². The van der Waals surface area contributed by atoms with Crippen LogP contribution >= 0.6 is 0 Å². The van der Waals surface area contributed by atoms with Gasteiger partial charge in [-0.05, 0) is 65.4 Å². The van der Waals surface area contributed by atoms with E-state index < -0.39 is 0 Å². The molecule has 4 aromatic carbocycles. The number of carbonyl (C=O) groups is 2. The van der Waals surface area contributed by atoms with Gasteiger partial charge in [-0.3, -0.25) is 9.59 Å². The van der Waals surface area contributed by atoms with E-state index in [0.29, 0.717) is 16.8 Å². The van der Waals surface area contributed by atoms with Gasteiger partial charge in [0.25, 0.3) is 11.8 Å². The molecule has 1 aliphatic rings. The van der Waals surface area contributed by atoms with E-state index in [-0.39, 0.29) is 11.8 Å². The van der Waals surface area contributed by atoms with Gasteiger partial charge in [0.05, 0.1) is 11.3 Å². The number of amides is 2. The third kappa shape index (κ3) is 2.21. The number of aryl methyl sites for hydroxylation is 2. The summed E-state index contributed by atoms with van der Waals surface area (Å²) >= 11 is 0. The van der Waals surface area contributed by atoms with Crippen LogP contribution < -0.4 is 4.90 Å². The van der Waals surface area contributed by atoms with Crippen LogP contribution in [0, 0.1) is 13.8 Å². The third-order valence-electron chi connectivity index (χ3n) is 5.20. The zero-order chi connectivity index (χ0) is 18.7. The Balaban J connectivity index is 1.88. The first-order chi connectivity index (χ1) is 13.0. The van der Waals surface area contributed by atoms with E-state index in [0.717, 1.165) is 32.7 Å². The molecular weight excluding hydrogens is 334 g/mol. The Morgan fingerprint density at radius 1 is 0.704 bits per heavy atom. The van der Waals surface area contributed by atoms with E-state index in [1.54, 1.807) is 0 Å². The molecule has 0 spiro atoms. The molecule has 0 unspecified atom stereocenters. The van der Waals surface area contributed by atoms with Crippen molar-refractivity contribution < 1.29 is 9.59 Å². The molecule has 0 radical (unpaired) electrons. The SMILES string of the molecule is Cc1cc(C)cc(N2C(=O)c3cccc4cc5ccccc5c(c34)C2=O)c1. The van der Waals surface area contributed by atoms with Gasteiger partial charge in [-0.25, -0.2) is 4.90 Å². The molecule has 1 aliphatic heterocycles. The van der Waals surface area contributed by atoms with Crippen molar-refractivity contribution in [3.05, 3.63) is 89.0 Å². The van der Waals surface area contributed by atoms with Crippen LogP contribution in [0.3, 0.4) is 0 Å². The van der Waals surface area contributed by atoms with Gasteiger partial charge in [0.1, 0.15) is 0 Å². The van der Waals surface area contributed by atoms with E-state index in [4.69, 9.17) is 0 Å². The van der Waals surface area contributed by atoms with Gasteiger partial charge < -0.3 is 0 Å². The standard InChI is InChI=1S/C24H17NO2/c1-14-10-15(2)12-18(11-14)25-23(26)20-9-5-7-17-13-16-6-3-4-8-19(16)22(21(17)20)24(25)27/h3-13H,1-2H3. The Bertz CT molecular complexity index is 1270. The average Bonchev–Trinajstić information content (AvgIpc) is 2.64. The van der Waals surface area contributed by atoms with Crippen molar-refractivity contribution in [2.45, 2.75) is 13.8 Å². The Kier molecular flexibility index (Phi) is 3.22. The summed E-state index contributed by atoms with van der Waals surface area (Å²) in [4.78, 5) is 28.2. The highest BCUT2D eigenvalue weighted by molar-refractivity contribution is 6.39. The number of fused-ring (bicyclic) bond motifs is 2. The molecule has 0 bridgehead atoms. The second-order valence-corrected chi connectivity index (χ2v) is 7.17. The largest absolute Gasteiger partial charge is 0.268 e. The lowest BCUT2D eigenvalue weighted by Gasteiger charge is -2.28. The lowest BCUT2D eigenvalue weighted by Crippen LogP contribution is -2.40. The van der Waals surface area contributed by atoms with Gasteiger partial charge >= 0.3 is 0 Å². The molecule has 4 aromatic rings. The number of benzene rings is 4. The van der Waals surface area contributed by atoms with Gasteiger partial charge in [0.15, 0.2) is 0 Å². The van der Waals surface area contributed by atoms with E-state index in [9.17, 15) is 9.59 Å². The first kappa shape index (κ1) is 15.8. The average molecular weight is 351 g/mol. The summed E-state index contributed by atoms with van der Waals surface area (Å²) in [7, 11) is 0. The lowest BCUT2D eigenvalue weighted by atomic mass is 9.89. The maximum atomic E-state index is 13.6. The Hall–Kier alpha value is -3.46. The van der Waals surface area contributed by atoms with Crippen molar-refractivity contribution in [3.8, 4) is 0 Å². The van der Waals surface area contributed by atoms with Crippen LogP contribution in [0.25, 0.3) is 21.5 Å². The molecule has 1 heterocycles. The van der Waals surface area contributed by atoms with Crippen molar-refractivity contribution in [1.29, 1.82) is 0 Å². The fourth-order valence-corrected chi connectivity index (χ4v) is 4.16. The van der Waals surface area contributed by atoms with Crippen LogP contribution in [0.1, 0.15) is 31.8 Å². The molecular formula is C24H17NO2. The summed E-state index contributed by atoms with van der Waals surface area (Å²) in [5, 5.41) is 3.55. The number of hydrogen-bond acceptors (Lipinski definition) is 2. The molecule has 27 heavy (non-hydrogen) atoms. The van der Waals surface area contributed by atoms with Gasteiger partial charge in [-0.15, -0.1) is 0 Å². The van der Waals surface area contributed by atoms with Gasteiger partial charge in [-0.2, -0.15) is 0 Å². The first-order valence-corrected chi connectivity index (χ1v) is 8.96. The van der Waals surface area contributed by atoms with Crippen molar-refractivity contribution in [3.63, 3.8) is 0 Å². The number of hydrogen-bond donors (Lipinski definition) is 0. The Morgan fingerprint density at radius 3 is 2.19 bits per heavy atom. The molecule has 0 N–H and O–H groups in total. The fourth-order valence-electron chi connectivity index (χ4n) is 4.16. The number of carbonyl (C=O) groups excluding carboxylic acids is 2. The minimum atomic E-state index is -0.265. The van der Waals surface area contributed by atoms with E-state index in [2.05, 4.69) is 0 Å². The lowest BCUT2D eigenvalue weighted by molar-refractivity contribution is 0.0894. The number of nitrogens with zero attached hydrogens (tertiary/aromatic N) is 1.